The van der Waals surface area contributed by atoms with Crippen molar-refractivity contribution in [3.8, 4) is 0 Å². The predicted octanol–water partition coefficient (Wildman–Crippen LogP) is 3.78. The molecule has 0 bridgehead atoms. The summed E-state index contributed by atoms with van der Waals surface area (Å²) in [5, 5.41) is 7.77. The molecule has 1 amide bonds. The minimum atomic E-state index is -0.433. The lowest BCUT2D eigenvalue weighted by Gasteiger charge is -2.31. The van der Waals surface area contributed by atoms with Crippen LogP contribution < -0.4 is 5.32 Å². The highest BCUT2D eigenvalue weighted by Crippen LogP contribution is 2.36. The fraction of sp³-hybridized carbons (Fsp3) is 0.688. The Morgan fingerprint density at radius 1 is 1.45 bits per heavy atom. The zero-order valence-corrected chi connectivity index (χ0v) is 14.0. The number of thiophene rings is 1. The molecule has 2 heterocycles. The van der Waals surface area contributed by atoms with Crippen LogP contribution in [-0.4, -0.2) is 22.4 Å². The summed E-state index contributed by atoms with van der Waals surface area (Å²) in [6.07, 6.45) is 1.87. The summed E-state index contributed by atoms with van der Waals surface area (Å²) in [6.45, 7) is 10.7. The van der Waals surface area contributed by atoms with Crippen LogP contribution in [0.2, 0.25) is 0 Å². The molecule has 1 aliphatic rings. The van der Waals surface area contributed by atoms with Gasteiger partial charge in [-0.2, -0.15) is 11.3 Å². The van der Waals surface area contributed by atoms with Gasteiger partial charge in [-0.15, -0.1) is 0 Å². The molecule has 2 rings (SSSR count). The quantitative estimate of drug-likeness (QED) is 0.896. The molecule has 1 aliphatic heterocycles. The van der Waals surface area contributed by atoms with Crippen molar-refractivity contribution in [2.24, 2.45) is 5.92 Å². The summed E-state index contributed by atoms with van der Waals surface area (Å²) >= 11 is 1.69. The van der Waals surface area contributed by atoms with Crippen molar-refractivity contribution in [3.63, 3.8) is 0 Å². The van der Waals surface area contributed by atoms with Crippen molar-refractivity contribution in [2.45, 2.75) is 65.2 Å². The molecular formula is C16H26N2OS. The van der Waals surface area contributed by atoms with E-state index in [1.54, 1.807) is 11.3 Å². The fourth-order valence-electron chi connectivity index (χ4n) is 3.01. The zero-order valence-electron chi connectivity index (χ0n) is 13.1. The van der Waals surface area contributed by atoms with Crippen molar-refractivity contribution in [1.29, 1.82) is 0 Å². The van der Waals surface area contributed by atoms with E-state index in [9.17, 15) is 4.79 Å². The molecule has 1 saturated heterocycles. The van der Waals surface area contributed by atoms with Gasteiger partial charge in [-0.25, -0.2) is 0 Å². The van der Waals surface area contributed by atoms with E-state index in [1.165, 1.54) is 5.56 Å². The molecule has 1 aromatic rings. The summed E-state index contributed by atoms with van der Waals surface area (Å²) in [4.78, 5) is 14.9. The van der Waals surface area contributed by atoms with Gasteiger partial charge < -0.3 is 4.90 Å². The van der Waals surface area contributed by atoms with Crippen molar-refractivity contribution in [2.75, 3.05) is 0 Å². The highest BCUT2D eigenvalue weighted by atomic mass is 32.1. The van der Waals surface area contributed by atoms with Crippen molar-refractivity contribution in [1.82, 2.24) is 10.2 Å². The highest BCUT2D eigenvalue weighted by Gasteiger charge is 2.48. The van der Waals surface area contributed by atoms with Crippen LogP contribution >= 0.6 is 11.3 Å². The Morgan fingerprint density at radius 3 is 2.65 bits per heavy atom. The third kappa shape index (κ3) is 2.77. The standard InChI is InChI=1S/C16H26N2OS/c1-6-16(5)15(19)18(12(4)9-11(2)3)14(17-16)13-7-8-20-10-13/h7-8,10-12,14,17H,6,9H2,1-5H3. The van der Waals surface area contributed by atoms with Gasteiger partial charge in [0.05, 0.1) is 5.54 Å². The van der Waals surface area contributed by atoms with Gasteiger partial charge in [0.15, 0.2) is 0 Å². The number of amides is 1. The maximum absolute atomic E-state index is 12.9. The minimum Gasteiger partial charge on any atom is -0.319 e. The third-order valence-corrected chi connectivity index (χ3v) is 4.99. The summed E-state index contributed by atoms with van der Waals surface area (Å²) in [5.41, 5.74) is 0.772. The SMILES string of the molecule is CCC1(C)NC(c2ccsc2)N(C(C)CC(C)C)C1=O. The lowest BCUT2D eigenvalue weighted by atomic mass is 9.98. The van der Waals surface area contributed by atoms with E-state index in [4.69, 9.17) is 0 Å². The predicted molar refractivity (Wildman–Crippen MR) is 84.7 cm³/mol. The Morgan fingerprint density at radius 2 is 2.15 bits per heavy atom. The minimum absolute atomic E-state index is 0.0208. The summed E-state index contributed by atoms with van der Waals surface area (Å²) < 4.78 is 0. The van der Waals surface area contributed by atoms with E-state index in [2.05, 4.69) is 54.7 Å². The Kier molecular flexibility index (Phi) is 4.55. The topological polar surface area (TPSA) is 32.3 Å². The molecule has 0 aliphatic carbocycles. The van der Waals surface area contributed by atoms with E-state index in [0.29, 0.717) is 5.92 Å². The molecule has 112 valence electrons. The van der Waals surface area contributed by atoms with Gasteiger partial charge in [-0.05, 0) is 55.0 Å². The second-order valence-electron chi connectivity index (χ2n) is 6.48. The smallest absolute Gasteiger partial charge is 0.244 e. The number of hydrogen-bond donors (Lipinski definition) is 1. The first-order valence-electron chi connectivity index (χ1n) is 7.51. The number of rotatable bonds is 5. The molecule has 3 unspecified atom stereocenters. The lowest BCUT2D eigenvalue weighted by Crippen LogP contribution is -2.44. The van der Waals surface area contributed by atoms with Crippen LogP contribution in [0.5, 0.6) is 0 Å². The Bertz CT molecular complexity index is 457. The number of carbonyl (C=O) groups is 1. The van der Waals surface area contributed by atoms with Gasteiger partial charge in [0.2, 0.25) is 5.91 Å². The van der Waals surface area contributed by atoms with Gasteiger partial charge in [0, 0.05) is 6.04 Å². The number of nitrogens with zero attached hydrogens (tertiary/aromatic N) is 1. The highest BCUT2D eigenvalue weighted by molar-refractivity contribution is 7.07. The van der Waals surface area contributed by atoms with Crippen LogP contribution in [0.3, 0.4) is 0 Å². The Balaban J connectivity index is 2.31. The molecule has 3 atom stereocenters. The molecule has 20 heavy (non-hydrogen) atoms. The van der Waals surface area contributed by atoms with Crippen molar-refractivity contribution < 1.29 is 4.79 Å². The van der Waals surface area contributed by atoms with Crippen molar-refractivity contribution >= 4 is 17.2 Å². The van der Waals surface area contributed by atoms with E-state index in [0.717, 1.165) is 12.8 Å². The first kappa shape index (κ1) is 15.5. The van der Waals surface area contributed by atoms with E-state index in [1.807, 2.05) is 6.92 Å². The fourth-order valence-corrected chi connectivity index (χ4v) is 3.69. The molecule has 0 aromatic carbocycles. The normalized spacial score (nSPS) is 28.4. The number of nitrogens with one attached hydrogen (secondary N) is 1. The molecular weight excluding hydrogens is 268 g/mol. The molecule has 0 radical (unpaired) electrons. The molecule has 0 saturated carbocycles. The first-order chi connectivity index (χ1) is 9.39. The van der Waals surface area contributed by atoms with Gasteiger partial charge in [-0.1, -0.05) is 20.8 Å². The van der Waals surface area contributed by atoms with Crippen LogP contribution in [0.4, 0.5) is 0 Å². The first-order valence-corrected chi connectivity index (χ1v) is 8.46. The molecule has 1 N–H and O–H groups in total. The maximum Gasteiger partial charge on any atom is 0.244 e. The zero-order chi connectivity index (χ0) is 14.9. The maximum atomic E-state index is 12.9. The van der Waals surface area contributed by atoms with Crippen LogP contribution in [-0.2, 0) is 4.79 Å². The molecule has 0 spiro atoms. The van der Waals surface area contributed by atoms with Crippen LogP contribution in [0.1, 0.15) is 59.2 Å². The third-order valence-electron chi connectivity index (χ3n) is 4.29. The van der Waals surface area contributed by atoms with E-state index in [-0.39, 0.29) is 18.1 Å². The molecule has 1 fully saturated rings. The number of hydrogen-bond acceptors (Lipinski definition) is 3. The van der Waals surface area contributed by atoms with E-state index >= 15 is 0 Å². The monoisotopic (exact) mass is 294 g/mol. The Labute approximate surface area is 126 Å². The van der Waals surface area contributed by atoms with E-state index < -0.39 is 5.54 Å². The van der Waals surface area contributed by atoms with Crippen LogP contribution in [0.25, 0.3) is 0 Å². The summed E-state index contributed by atoms with van der Waals surface area (Å²) in [5.74, 6) is 0.832. The second kappa shape index (κ2) is 5.86. The van der Waals surface area contributed by atoms with Gasteiger partial charge >= 0.3 is 0 Å². The van der Waals surface area contributed by atoms with Crippen LogP contribution in [0, 0.1) is 5.92 Å². The summed E-state index contributed by atoms with van der Waals surface area (Å²) in [7, 11) is 0. The molecule has 1 aromatic heterocycles. The molecule has 4 heteroatoms. The van der Waals surface area contributed by atoms with Gasteiger partial charge in [-0.3, -0.25) is 10.1 Å². The molecule has 3 nitrogen and oxygen atoms in total. The van der Waals surface area contributed by atoms with Crippen LogP contribution in [0.15, 0.2) is 16.8 Å². The number of carbonyl (C=O) groups excluding carboxylic acids is 1. The lowest BCUT2D eigenvalue weighted by molar-refractivity contribution is -0.135. The summed E-state index contributed by atoms with van der Waals surface area (Å²) in [6, 6.07) is 2.37. The average molecular weight is 294 g/mol. The Hall–Kier alpha value is -0.870. The van der Waals surface area contributed by atoms with Crippen molar-refractivity contribution in [3.05, 3.63) is 22.4 Å². The van der Waals surface area contributed by atoms with Gasteiger partial charge in [0.1, 0.15) is 6.17 Å². The largest absolute Gasteiger partial charge is 0.319 e. The van der Waals surface area contributed by atoms with Gasteiger partial charge in [0.25, 0.3) is 0 Å². The second-order valence-corrected chi connectivity index (χ2v) is 7.26. The average Bonchev–Trinajstić information content (AvgIpc) is 2.97.